The van der Waals surface area contributed by atoms with Crippen molar-refractivity contribution in [3.8, 4) is 0 Å². The lowest BCUT2D eigenvalue weighted by Crippen LogP contribution is -2.27. The summed E-state index contributed by atoms with van der Waals surface area (Å²) in [7, 11) is 0. The summed E-state index contributed by atoms with van der Waals surface area (Å²) in [5.41, 5.74) is 4.98. The van der Waals surface area contributed by atoms with Crippen molar-refractivity contribution >= 4 is 52.0 Å². The zero-order chi connectivity index (χ0) is 33.7. The van der Waals surface area contributed by atoms with Gasteiger partial charge in [0.25, 0.3) is 5.91 Å². The summed E-state index contributed by atoms with van der Waals surface area (Å²) in [4.78, 5) is 41.2. The number of ether oxygens (including phenoxy) is 1. The summed E-state index contributed by atoms with van der Waals surface area (Å²) < 4.78 is 5.36. The zero-order valence-electron chi connectivity index (χ0n) is 27.7. The molecule has 2 heterocycles. The van der Waals surface area contributed by atoms with Gasteiger partial charge in [0.05, 0.1) is 17.1 Å². The van der Waals surface area contributed by atoms with Gasteiger partial charge in [-0.15, -0.1) is 0 Å². The Labute approximate surface area is 280 Å². The molecular formula is C37H40N6O3S. The van der Waals surface area contributed by atoms with Crippen molar-refractivity contribution in [1.29, 1.82) is 0 Å². The number of amides is 2. The molecule has 0 bridgehead atoms. The second kappa shape index (κ2) is 14.2. The minimum atomic E-state index is -0.590. The van der Waals surface area contributed by atoms with Crippen LogP contribution in [0, 0.1) is 6.92 Å². The molecule has 2 aromatic heterocycles. The molecular weight excluding hydrogens is 609 g/mol. The topological polar surface area (TPSA) is 118 Å². The van der Waals surface area contributed by atoms with Gasteiger partial charge in [0.15, 0.2) is 5.65 Å². The van der Waals surface area contributed by atoms with E-state index in [0.717, 1.165) is 32.0 Å². The van der Waals surface area contributed by atoms with Crippen LogP contribution in [0.25, 0.3) is 11.0 Å². The van der Waals surface area contributed by atoms with Gasteiger partial charge >= 0.3 is 6.09 Å². The van der Waals surface area contributed by atoms with E-state index in [9.17, 15) is 9.59 Å². The van der Waals surface area contributed by atoms with Gasteiger partial charge in [0.2, 0.25) is 0 Å². The van der Waals surface area contributed by atoms with Crippen molar-refractivity contribution in [2.24, 2.45) is 0 Å². The fraction of sp³-hybridized carbons (Fsp3) is 0.270. The molecule has 0 radical (unpaired) electrons. The number of benzene rings is 3. The van der Waals surface area contributed by atoms with Crippen LogP contribution < -0.4 is 16.0 Å². The minimum Gasteiger partial charge on any atom is -0.444 e. The number of nitrogens with zero attached hydrogens (tertiary/aromatic N) is 3. The molecule has 0 aliphatic rings. The van der Waals surface area contributed by atoms with E-state index in [-0.39, 0.29) is 17.9 Å². The van der Waals surface area contributed by atoms with Crippen molar-refractivity contribution in [3.05, 3.63) is 108 Å². The van der Waals surface area contributed by atoms with Gasteiger partial charge in [-0.1, -0.05) is 55.4 Å². The number of fused-ring (bicyclic) bond motifs is 1. The Morgan fingerprint density at radius 3 is 2.28 bits per heavy atom. The average Bonchev–Trinajstić information content (AvgIpc) is 3.02. The summed E-state index contributed by atoms with van der Waals surface area (Å²) in [5.74, 6) is 0.658. The minimum absolute atomic E-state index is 0.173. The molecule has 9 nitrogen and oxygen atoms in total. The van der Waals surface area contributed by atoms with Crippen LogP contribution in [0.1, 0.15) is 80.7 Å². The molecule has 242 valence electrons. The van der Waals surface area contributed by atoms with Crippen LogP contribution in [-0.4, -0.2) is 32.6 Å². The fourth-order valence-electron chi connectivity index (χ4n) is 4.74. The quantitative estimate of drug-likeness (QED) is 0.145. The Bertz CT molecular complexity index is 1890. The highest BCUT2D eigenvalue weighted by molar-refractivity contribution is 7.99. The summed E-state index contributed by atoms with van der Waals surface area (Å²) in [6.45, 7) is 13.7. The zero-order valence-corrected chi connectivity index (χ0v) is 28.5. The van der Waals surface area contributed by atoms with E-state index in [1.807, 2.05) is 113 Å². The van der Waals surface area contributed by atoms with Crippen LogP contribution >= 0.6 is 11.8 Å². The Hall–Kier alpha value is -4.96. The molecule has 0 saturated carbocycles. The third kappa shape index (κ3) is 8.86. The van der Waals surface area contributed by atoms with Gasteiger partial charge in [0, 0.05) is 26.7 Å². The largest absolute Gasteiger partial charge is 0.444 e. The van der Waals surface area contributed by atoms with E-state index in [2.05, 4.69) is 39.8 Å². The van der Waals surface area contributed by atoms with Crippen molar-refractivity contribution in [1.82, 2.24) is 20.3 Å². The summed E-state index contributed by atoms with van der Waals surface area (Å²) in [6, 6.07) is 25.0. The molecule has 1 unspecified atom stereocenters. The Balaban J connectivity index is 1.43. The molecule has 0 aliphatic heterocycles. The SMILES string of the molecule is Cc1ccc(C(C)NC(=O)c2ccc(Sc3ccc(NC(=O)OC(C)(C)C)cc3)c(Nc3ncnc4nc(C(C)C)ccc34)c2)cc1. The molecule has 1 atom stereocenters. The lowest BCUT2D eigenvalue weighted by atomic mass is 10.1. The van der Waals surface area contributed by atoms with Crippen LogP contribution in [0.3, 0.4) is 0 Å². The number of pyridine rings is 1. The predicted octanol–water partition coefficient (Wildman–Crippen LogP) is 9.19. The van der Waals surface area contributed by atoms with E-state index in [1.165, 1.54) is 18.1 Å². The highest BCUT2D eigenvalue weighted by Gasteiger charge is 2.18. The number of hydrogen-bond acceptors (Lipinski definition) is 8. The average molecular weight is 649 g/mol. The lowest BCUT2D eigenvalue weighted by molar-refractivity contribution is 0.0635. The predicted molar refractivity (Wildman–Crippen MR) is 189 cm³/mol. The van der Waals surface area contributed by atoms with E-state index >= 15 is 0 Å². The molecule has 2 amide bonds. The van der Waals surface area contributed by atoms with Gasteiger partial charge in [-0.05, 0) is 101 Å². The van der Waals surface area contributed by atoms with Crippen LogP contribution in [-0.2, 0) is 4.74 Å². The first-order valence-corrected chi connectivity index (χ1v) is 16.3. The van der Waals surface area contributed by atoms with E-state index < -0.39 is 11.7 Å². The monoisotopic (exact) mass is 648 g/mol. The van der Waals surface area contributed by atoms with Crippen LogP contribution in [0.5, 0.6) is 0 Å². The molecule has 0 saturated heterocycles. The van der Waals surface area contributed by atoms with Crippen molar-refractivity contribution in [2.45, 2.75) is 75.8 Å². The maximum atomic E-state index is 13.5. The third-order valence-electron chi connectivity index (χ3n) is 7.26. The van der Waals surface area contributed by atoms with Gasteiger partial charge < -0.3 is 15.4 Å². The second-order valence-electron chi connectivity index (χ2n) is 12.7. The van der Waals surface area contributed by atoms with Gasteiger partial charge in [-0.2, -0.15) is 0 Å². The number of anilines is 3. The van der Waals surface area contributed by atoms with Crippen molar-refractivity contribution < 1.29 is 14.3 Å². The van der Waals surface area contributed by atoms with E-state index in [1.54, 1.807) is 0 Å². The standard InChI is InChI=1S/C37H40N6O3S/c1-22(2)30-18-17-29-33(42-30)38-21-39-34(29)43-31-20-26(35(44)40-24(4)25-10-8-23(3)9-11-25)12-19-32(31)47-28-15-13-27(14-16-28)41-36(45)46-37(5,6)7/h8-22,24H,1-7H3,(H,40,44)(H,41,45)(H,38,39,42,43). The first kappa shape index (κ1) is 33.4. The van der Waals surface area contributed by atoms with Crippen molar-refractivity contribution in [2.75, 3.05) is 10.6 Å². The maximum absolute atomic E-state index is 13.5. The molecule has 5 aromatic rings. The normalized spacial score (nSPS) is 12.1. The Morgan fingerprint density at radius 1 is 0.872 bits per heavy atom. The maximum Gasteiger partial charge on any atom is 0.412 e. The lowest BCUT2D eigenvalue weighted by Gasteiger charge is -2.19. The number of carbonyl (C=O) groups excluding carboxylic acids is 2. The fourth-order valence-corrected chi connectivity index (χ4v) is 5.62. The first-order valence-electron chi connectivity index (χ1n) is 15.5. The molecule has 0 aliphatic carbocycles. The van der Waals surface area contributed by atoms with Crippen molar-refractivity contribution in [3.63, 3.8) is 0 Å². The van der Waals surface area contributed by atoms with E-state index in [4.69, 9.17) is 9.72 Å². The number of rotatable bonds is 9. The molecule has 5 rings (SSSR count). The second-order valence-corrected chi connectivity index (χ2v) is 13.8. The number of carbonyl (C=O) groups is 2. The highest BCUT2D eigenvalue weighted by Crippen LogP contribution is 2.37. The van der Waals surface area contributed by atoms with Crippen LogP contribution in [0.4, 0.5) is 22.0 Å². The number of aryl methyl sites for hydroxylation is 1. The number of nitrogens with one attached hydrogen (secondary N) is 3. The first-order chi connectivity index (χ1) is 22.3. The molecule has 0 fully saturated rings. The van der Waals surface area contributed by atoms with Gasteiger partial charge in [0.1, 0.15) is 17.7 Å². The number of aromatic nitrogens is 3. The Morgan fingerprint density at radius 2 is 1.60 bits per heavy atom. The molecule has 0 spiro atoms. The molecule has 10 heteroatoms. The molecule has 3 aromatic carbocycles. The van der Waals surface area contributed by atoms with Gasteiger partial charge in [-0.3, -0.25) is 10.1 Å². The van der Waals surface area contributed by atoms with Crippen LogP contribution in [0.15, 0.2) is 95.0 Å². The van der Waals surface area contributed by atoms with Gasteiger partial charge in [-0.25, -0.2) is 19.7 Å². The van der Waals surface area contributed by atoms with Crippen LogP contribution in [0.2, 0.25) is 0 Å². The molecule has 47 heavy (non-hydrogen) atoms. The smallest absolute Gasteiger partial charge is 0.412 e. The summed E-state index contributed by atoms with van der Waals surface area (Å²) in [5, 5.41) is 10.1. The van der Waals surface area contributed by atoms with E-state index in [0.29, 0.717) is 28.4 Å². The summed E-state index contributed by atoms with van der Waals surface area (Å²) >= 11 is 1.52. The number of hydrogen-bond donors (Lipinski definition) is 3. The summed E-state index contributed by atoms with van der Waals surface area (Å²) in [6.07, 6.45) is 0.979. The highest BCUT2D eigenvalue weighted by atomic mass is 32.2. The Kier molecular flexibility index (Phi) is 10.1. The third-order valence-corrected chi connectivity index (χ3v) is 8.34. The molecule has 3 N–H and O–H groups in total.